The smallest absolute Gasteiger partial charge is 0.248 e. The number of ether oxygens (including phenoxy) is 3. The highest BCUT2D eigenvalue weighted by Gasteiger charge is 2.16. The number of amides is 1. The third-order valence-corrected chi connectivity index (χ3v) is 5.73. The molecule has 0 fully saturated rings. The molecule has 8 nitrogen and oxygen atoms in total. The molecule has 3 aromatic rings. The van der Waals surface area contributed by atoms with Crippen LogP contribution >= 0.6 is 11.8 Å². The molecule has 2 aromatic carbocycles. The minimum absolute atomic E-state index is 0.434. The van der Waals surface area contributed by atoms with E-state index >= 15 is 0 Å². The number of thioether (sulfide) groups is 1. The Kier molecular flexibility index (Phi) is 7.91. The van der Waals surface area contributed by atoms with Crippen LogP contribution < -0.4 is 15.2 Å². The van der Waals surface area contributed by atoms with Crippen LogP contribution in [0.15, 0.2) is 47.6 Å². The van der Waals surface area contributed by atoms with Crippen LogP contribution in [0.25, 0.3) is 11.4 Å². The van der Waals surface area contributed by atoms with E-state index in [2.05, 4.69) is 14.8 Å². The molecule has 2 N–H and O–H groups in total. The Labute approximate surface area is 185 Å². The zero-order chi connectivity index (χ0) is 22.2. The van der Waals surface area contributed by atoms with Crippen LogP contribution in [0.1, 0.15) is 22.3 Å². The lowest BCUT2D eigenvalue weighted by molar-refractivity contribution is 0.100. The molecule has 0 spiro atoms. The molecule has 0 aliphatic heterocycles. The SMILES string of the molecule is COCCCn1c(SCc2ccc(C(N)=O)cc2)nnc1-c1ccc(OC)c(OC)c1. The summed E-state index contributed by atoms with van der Waals surface area (Å²) in [4.78, 5) is 11.3. The second-order valence-corrected chi connectivity index (χ2v) is 7.67. The normalized spacial score (nSPS) is 10.8. The molecule has 0 unspecified atom stereocenters. The molecule has 1 amide bonds. The lowest BCUT2D eigenvalue weighted by Crippen LogP contribution is -2.10. The van der Waals surface area contributed by atoms with Gasteiger partial charge in [-0.15, -0.1) is 10.2 Å². The highest BCUT2D eigenvalue weighted by atomic mass is 32.2. The predicted octanol–water partition coefficient (Wildman–Crippen LogP) is 3.39. The number of nitrogens with two attached hydrogens (primary N) is 1. The van der Waals surface area contributed by atoms with Crippen LogP contribution in [0.5, 0.6) is 11.5 Å². The van der Waals surface area contributed by atoms with Crippen LogP contribution in [0, 0.1) is 0 Å². The number of benzene rings is 2. The van der Waals surface area contributed by atoms with E-state index in [1.54, 1.807) is 45.2 Å². The van der Waals surface area contributed by atoms with Crippen molar-refractivity contribution in [2.75, 3.05) is 27.9 Å². The quantitative estimate of drug-likeness (QED) is 0.359. The maximum Gasteiger partial charge on any atom is 0.248 e. The molecule has 1 heterocycles. The van der Waals surface area contributed by atoms with E-state index in [4.69, 9.17) is 19.9 Å². The maximum absolute atomic E-state index is 11.3. The van der Waals surface area contributed by atoms with Crippen molar-refractivity contribution in [2.24, 2.45) is 5.73 Å². The first kappa shape index (κ1) is 22.6. The van der Waals surface area contributed by atoms with E-state index in [0.29, 0.717) is 36.0 Å². The average Bonchev–Trinajstić information content (AvgIpc) is 3.20. The molecule has 0 bridgehead atoms. The van der Waals surface area contributed by atoms with E-state index in [0.717, 1.165) is 28.5 Å². The van der Waals surface area contributed by atoms with Gasteiger partial charge in [0.05, 0.1) is 14.2 Å². The molecule has 0 radical (unpaired) electrons. The summed E-state index contributed by atoms with van der Waals surface area (Å²) in [6, 6.07) is 13.0. The Bertz CT molecular complexity index is 1020. The van der Waals surface area contributed by atoms with Gasteiger partial charge in [-0.05, 0) is 42.3 Å². The third kappa shape index (κ3) is 5.56. The van der Waals surface area contributed by atoms with Crippen molar-refractivity contribution in [3.63, 3.8) is 0 Å². The molecule has 3 rings (SSSR count). The molecule has 31 heavy (non-hydrogen) atoms. The van der Waals surface area contributed by atoms with Crippen molar-refractivity contribution in [3.8, 4) is 22.9 Å². The molecule has 0 saturated carbocycles. The monoisotopic (exact) mass is 442 g/mol. The molecular formula is C22H26N4O4S. The second kappa shape index (κ2) is 10.8. The molecule has 0 aliphatic carbocycles. The number of rotatable bonds is 11. The number of aromatic nitrogens is 3. The third-order valence-electron chi connectivity index (χ3n) is 4.70. The van der Waals surface area contributed by atoms with Crippen LogP contribution in [0.4, 0.5) is 0 Å². The summed E-state index contributed by atoms with van der Waals surface area (Å²) < 4.78 is 18.1. The first-order valence-electron chi connectivity index (χ1n) is 9.73. The Morgan fingerprint density at radius 3 is 2.42 bits per heavy atom. The zero-order valence-electron chi connectivity index (χ0n) is 17.8. The second-order valence-electron chi connectivity index (χ2n) is 6.72. The summed E-state index contributed by atoms with van der Waals surface area (Å²) in [5.74, 6) is 2.30. The summed E-state index contributed by atoms with van der Waals surface area (Å²) in [6.45, 7) is 1.36. The van der Waals surface area contributed by atoms with E-state index in [1.807, 2.05) is 30.3 Å². The van der Waals surface area contributed by atoms with E-state index in [9.17, 15) is 4.79 Å². The first-order chi connectivity index (χ1) is 15.1. The maximum atomic E-state index is 11.3. The molecule has 9 heteroatoms. The van der Waals surface area contributed by atoms with Gasteiger partial charge in [-0.3, -0.25) is 4.79 Å². The summed E-state index contributed by atoms with van der Waals surface area (Å²) in [6.07, 6.45) is 0.829. The van der Waals surface area contributed by atoms with Gasteiger partial charge in [0.15, 0.2) is 22.5 Å². The Hall–Kier alpha value is -3.04. The summed E-state index contributed by atoms with van der Waals surface area (Å²) in [5, 5.41) is 9.66. The Morgan fingerprint density at radius 1 is 1.03 bits per heavy atom. The fourth-order valence-corrected chi connectivity index (χ4v) is 3.99. The van der Waals surface area contributed by atoms with Crippen LogP contribution in [-0.2, 0) is 17.0 Å². The number of methoxy groups -OCH3 is 3. The summed E-state index contributed by atoms with van der Waals surface area (Å²) in [5.41, 5.74) is 7.76. The van der Waals surface area contributed by atoms with Crippen molar-refractivity contribution in [1.29, 1.82) is 0 Å². The van der Waals surface area contributed by atoms with Gasteiger partial charge in [0.1, 0.15) is 0 Å². The van der Waals surface area contributed by atoms with Crippen molar-refractivity contribution in [2.45, 2.75) is 23.9 Å². The number of nitrogens with zero attached hydrogens (tertiary/aromatic N) is 3. The van der Waals surface area contributed by atoms with Gasteiger partial charge in [0, 0.05) is 37.1 Å². The van der Waals surface area contributed by atoms with Crippen molar-refractivity contribution in [1.82, 2.24) is 14.8 Å². The van der Waals surface area contributed by atoms with Crippen LogP contribution in [-0.4, -0.2) is 48.6 Å². The number of hydrogen-bond acceptors (Lipinski definition) is 7. The van der Waals surface area contributed by atoms with E-state index < -0.39 is 5.91 Å². The number of hydrogen-bond donors (Lipinski definition) is 1. The van der Waals surface area contributed by atoms with Crippen LogP contribution in [0.2, 0.25) is 0 Å². The minimum Gasteiger partial charge on any atom is -0.493 e. The Balaban J connectivity index is 1.85. The molecule has 0 aliphatic rings. The van der Waals surface area contributed by atoms with Gasteiger partial charge in [0.2, 0.25) is 5.91 Å². The fourth-order valence-electron chi connectivity index (χ4n) is 3.07. The minimum atomic E-state index is -0.434. The standard InChI is InChI=1S/C22H26N4O4S/c1-28-12-4-11-26-21(17-9-10-18(29-2)19(13-17)30-3)24-25-22(26)31-14-15-5-7-16(8-6-15)20(23)27/h5-10,13H,4,11-12,14H2,1-3H3,(H2,23,27). The Morgan fingerprint density at radius 2 is 1.77 bits per heavy atom. The van der Waals surface area contributed by atoms with Gasteiger partial charge < -0.3 is 24.5 Å². The van der Waals surface area contributed by atoms with Crippen molar-refractivity contribution >= 4 is 17.7 Å². The van der Waals surface area contributed by atoms with Crippen LogP contribution in [0.3, 0.4) is 0 Å². The van der Waals surface area contributed by atoms with E-state index in [1.165, 1.54) is 0 Å². The first-order valence-corrected chi connectivity index (χ1v) is 10.7. The van der Waals surface area contributed by atoms with Gasteiger partial charge in [-0.2, -0.15) is 0 Å². The van der Waals surface area contributed by atoms with Gasteiger partial charge in [-0.1, -0.05) is 23.9 Å². The summed E-state index contributed by atoms with van der Waals surface area (Å²) in [7, 11) is 4.90. The molecular weight excluding hydrogens is 416 g/mol. The fraction of sp³-hybridized carbons (Fsp3) is 0.318. The van der Waals surface area contributed by atoms with Crippen molar-refractivity contribution in [3.05, 3.63) is 53.6 Å². The molecule has 1 aromatic heterocycles. The largest absolute Gasteiger partial charge is 0.493 e. The van der Waals surface area contributed by atoms with Gasteiger partial charge in [0.25, 0.3) is 0 Å². The predicted molar refractivity (Wildman–Crippen MR) is 120 cm³/mol. The summed E-state index contributed by atoms with van der Waals surface area (Å²) >= 11 is 1.58. The zero-order valence-corrected chi connectivity index (χ0v) is 18.6. The lowest BCUT2D eigenvalue weighted by atomic mass is 10.1. The van der Waals surface area contributed by atoms with Crippen molar-refractivity contribution < 1.29 is 19.0 Å². The number of carbonyl (C=O) groups excluding carboxylic acids is 1. The molecule has 164 valence electrons. The number of carbonyl (C=O) groups is 1. The highest BCUT2D eigenvalue weighted by molar-refractivity contribution is 7.98. The van der Waals surface area contributed by atoms with Gasteiger partial charge >= 0.3 is 0 Å². The average molecular weight is 443 g/mol. The highest BCUT2D eigenvalue weighted by Crippen LogP contribution is 2.33. The topological polar surface area (TPSA) is 101 Å². The number of primary amides is 1. The molecule has 0 saturated heterocycles. The van der Waals surface area contributed by atoms with E-state index in [-0.39, 0.29) is 0 Å². The molecule has 0 atom stereocenters. The van der Waals surface area contributed by atoms with Gasteiger partial charge in [-0.25, -0.2) is 0 Å². The lowest BCUT2D eigenvalue weighted by Gasteiger charge is -2.12.